The summed E-state index contributed by atoms with van der Waals surface area (Å²) in [5.41, 5.74) is 1.75. The number of benzene rings is 1. The number of aromatic nitrogens is 3. The topological polar surface area (TPSA) is 86.1 Å². The number of amides is 1. The highest BCUT2D eigenvalue weighted by Gasteiger charge is 2.18. The molecule has 1 amide bonds. The Labute approximate surface area is 165 Å². The number of halogens is 2. The third-order valence-electron chi connectivity index (χ3n) is 3.69. The molecule has 0 fully saturated rings. The molecule has 28 heavy (non-hydrogen) atoms. The molecule has 0 aliphatic carbocycles. The SMILES string of the molecule is Cc1cc(C)n(-c2ccc(Cl)c(C(=O)OCC(=O)Nc3cccc(F)c3)n2)n1. The molecule has 3 aromatic rings. The fraction of sp³-hybridized carbons (Fsp3) is 0.158. The average Bonchev–Trinajstić information content (AvgIpc) is 2.98. The maximum Gasteiger partial charge on any atom is 0.359 e. The van der Waals surface area contributed by atoms with Crippen LogP contribution in [0.4, 0.5) is 10.1 Å². The van der Waals surface area contributed by atoms with E-state index in [0.29, 0.717) is 5.82 Å². The molecule has 2 aromatic heterocycles. The molecule has 0 atom stereocenters. The Balaban J connectivity index is 1.69. The first kappa shape index (κ1) is 19.5. The van der Waals surface area contributed by atoms with Gasteiger partial charge in [-0.1, -0.05) is 17.7 Å². The van der Waals surface area contributed by atoms with E-state index in [4.69, 9.17) is 16.3 Å². The second-order valence-electron chi connectivity index (χ2n) is 5.97. The number of rotatable bonds is 5. The van der Waals surface area contributed by atoms with Crippen molar-refractivity contribution < 1.29 is 18.7 Å². The van der Waals surface area contributed by atoms with Crippen LogP contribution in [0.1, 0.15) is 21.9 Å². The summed E-state index contributed by atoms with van der Waals surface area (Å²) in [6.45, 7) is 3.12. The van der Waals surface area contributed by atoms with Gasteiger partial charge < -0.3 is 10.1 Å². The maximum absolute atomic E-state index is 13.1. The Bertz CT molecular complexity index is 1050. The van der Waals surface area contributed by atoms with Crippen molar-refractivity contribution in [1.29, 1.82) is 0 Å². The lowest BCUT2D eigenvalue weighted by Crippen LogP contribution is -2.21. The van der Waals surface area contributed by atoms with Gasteiger partial charge in [0, 0.05) is 11.4 Å². The lowest BCUT2D eigenvalue weighted by Gasteiger charge is -2.09. The number of ether oxygens (including phenoxy) is 1. The number of hydrogen-bond acceptors (Lipinski definition) is 5. The van der Waals surface area contributed by atoms with Gasteiger partial charge in [0.15, 0.2) is 18.1 Å². The second-order valence-corrected chi connectivity index (χ2v) is 6.38. The van der Waals surface area contributed by atoms with E-state index in [9.17, 15) is 14.0 Å². The van der Waals surface area contributed by atoms with Gasteiger partial charge >= 0.3 is 5.97 Å². The zero-order valence-corrected chi connectivity index (χ0v) is 15.8. The molecule has 1 N–H and O–H groups in total. The molecule has 1 aromatic carbocycles. The Morgan fingerprint density at radius 1 is 1.21 bits per heavy atom. The molecule has 2 heterocycles. The highest BCUT2D eigenvalue weighted by atomic mass is 35.5. The number of nitrogens with one attached hydrogen (secondary N) is 1. The van der Waals surface area contributed by atoms with Crippen LogP contribution in [0.3, 0.4) is 0 Å². The minimum atomic E-state index is -0.859. The molecule has 7 nitrogen and oxygen atoms in total. The van der Waals surface area contributed by atoms with Gasteiger partial charge in [-0.05, 0) is 50.2 Å². The van der Waals surface area contributed by atoms with Gasteiger partial charge in [0.25, 0.3) is 5.91 Å². The number of pyridine rings is 1. The number of esters is 1. The van der Waals surface area contributed by atoms with Crippen LogP contribution >= 0.6 is 11.6 Å². The lowest BCUT2D eigenvalue weighted by molar-refractivity contribution is -0.119. The van der Waals surface area contributed by atoms with Crippen molar-refractivity contribution in [2.45, 2.75) is 13.8 Å². The molecule has 0 spiro atoms. The summed E-state index contributed by atoms with van der Waals surface area (Å²) in [5, 5.41) is 6.82. The minimum absolute atomic E-state index is 0.0841. The fourth-order valence-electron chi connectivity index (χ4n) is 2.52. The smallest absolute Gasteiger partial charge is 0.359 e. The summed E-state index contributed by atoms with van der Waals surface area (Å²) in [7, 11) is 0. The van der Waals surface area contributed by atoms with E-state index >= 15 is 0 Å². The summed E-state index contributed by atoms with van der Waals surface area (Å²) in [5.74, 6) is -1.58. The van der Waals surface area contributed by atoms with E-state index in [1.54, 1.807) is 10.7 Å². The standard InChI is InChI=1S/C19H16ClFN4O3/c1-11-8-12(2)25(24-11)16-7-6-15(20)18(23-16)19(27)28-10-17(26)22-14-5-3-4-13(21)9-14/h3-9H,10H2,1-2H3,(H,22,26). The molecule has 0 aliphatic heterocycles. The fourth-order valence-corrected chi connectivity index (χ4v) is 2.70. The van der Waals surface area contributed by atoms with Gasteiger partial charge in [-0.15, -0.1) is 0 Å². The predicted molar refractivity (Wildman–Crippen MR) is 101 cm³/mol. The highest BCUT2D eigenvalue weighted by Crippen LogP contribution is 2.18. The summed E-state index contributed by atoms with van der Waals surface area (Å²) < 4.78 is 19.7. The quantitative estimate of drug-likeness (QED) is 0.660. The molecular formula is C19H16ClFN4O3. The van der Waals surface area contributed by atoms with Crippen LogP contribution in [0, 0.1) is 19.7 Å². The van der Waals surface area contributed by atoms with Crippen LogP contribution < -0.4 is 5.32 Å². The van der Waals surface area contributed by atoms with Crippen molar-refractivity contribution >= 4 is 29.2 Å². The van der Waals surface area contributed by atoms with Crippen molar-refractivity contribution in [2.24, 2.45) is 0 Å². The Morgan fingerprint density at radius 3 is 2.68 bits per heavy atom. The first-order chi connectivity index (χ1) is 13.3. The van der Waals surface area contributed by atoms with Crippen LogP contribution in [0.2, 0.25) is 5.02 Å². The predicted octanol–water partition coefficient (Wildman–Crippen LogP) is 3.47. The van der Waals surface area contributed by atoms with Gasteiger partial charge in [0.2, 0.25) is 0 Å². The Kier molecular flexibility index (Phi) is 5.70. The van der Waals surface area contributed by atoms with Crippen LogP contribution in [0.15, 0.2) is 42.5 Å². The lowest BCUT2D eigenvalue weighted by atomic mass is 10.3. The number of aryl methyl sites for hydroxylation is 2. The summed E-state index contributed by atoms with van der Waals surface area (Å²) >= 11 is 6.05. The molecule has 9 heteroatoms. The third-order valence-corrected chi connectivity index (χ3v) is 4.00. The van der Waals surface area contributed by atoms with Gasteiger partial charge in [-0.2, -0.15) is 5.10 Å². The van der Waals surface area contributed by atoms with Gasteiger partial charge in [0.05, 0.1) is 10.7 Å². The molecule has 144 valence electrons. The van der Waals surface area contributed by atoms with Gasteiger partial charge in [0.1, 0.15) is 5.82 Å². The van der Waals surface area contributed by atoms with Crippen LogP contribution in [-0.4, -0.2) is 33.2 Å². The van der Waals surface area contributed by atoms with Crippen molar-refractivity contribution in [3.63, 3.8) is 0 Å². The van der Waals surface area contributed by atoms with E-state index < -0.39 is 24.3 Å². The maximum atomic E-state index is 13.1. The number of hydrogen-bond donors (Lipinski definition) is 1. The van der Waals surface area contributed by atoms with Crippen molar-refractivity contribution in [2.75, 3.05) is 11.9 Å². The first-order valence-corrected chi connectivity index (χ1v) is 8.64. The molecule has 0 saturated carbocycles. The van der Waals surface area contributed by atoms with Crippen LogP contribution in [-0.2, 0) is 9.53 Å². The molecule has 0 bridgehead atoms. The van der Waals surface area contributed by atoms with Crippen molar-refractivity contribution in [1.82, 2.24) is 14.8 Å². The normalized spacial score (nSPS) is 10.6. The van der Waals surface area contributed by atoms with Crippen molar-refractivity contribution in [3.8, 4) is 5.82 Å². The highest BCUT2D eigenvalue weighted by molar-refractivity contribution is 6.33. The molecule has 3 rings (SSSR count). The Hall–Kier alpha value is -3.26. The molecule has 0 aliphatic rings. The van der Waals surface area contributed by atoms with E-state index in [1.807, 2.05) is 19.9 Å². The second kappa shape index (κ2) is 8.18. The minimum Gasteiger partial charge on any atom is -0.451 e. The number of carbonyl (C=O) groups excluding carboxylic acids is 2. The summed E-state index contributed by atoms with van der Waals surface area (Å²) in [6.07, 6.45) is 0. The zero-order valence-electron chi connectivity index (χ0n) is 15.1. The molecule has 0 unspecified atom stereocenters. The molecule has 0 saturated heterocycles. The summed E-state index contributed by atoms with van der Waals surface area (Å²) in [6, 6.07) is 10.4. The zero-order chi connectivity index (χ0) is 20.3. The molecule has 0 radical (unpaired) electrons. The first-order valence-electron chi connectivity index (χ1n) is 8.26. The number of nitrogens with zero attached hydrogens (tertiary/aromatic N) is 3. The Morgan fingerprint density at radius 2 is 2.00 bits per heavy atom. The van der Waals surface area contributed by atoms with Gasteiger partial charge in [-0.3, -0.25) is 4.79 Å². The van der Waals surface area contributed by atoms with E-state index in [0.717, 1.165) is 17.5 Å². The summed E-state index contributed by atoms with van der Waals surface area (Å²) in [4.78, 5) is 28.4. The van der Waals surface area contributed by atoms with E-state index in [2.05, 4.69) is 15.4 Å². The van der Waals surface area contributed by atoms with Crippen LogP contribution in [0.5, 0.6) is 0 Å². The van der Waals surface area contributed by atoms with Crippen LogP contribution in [0.25, 0.3) is 5.82 Å². The third kappa shape index (κ3) is 4.52. The van der Waals surface area contributed by atoms with E-state index in [-0.39, 0.29) is 16.4 Å². The number of anilines is 1. The largest absolute Gasteiger partial charge is 0.451 e. The van der Waals surface area contributed by atoms with Gasteiger partial charge in [-0.25, -0.2) is 18.9 Å². The average molecular weight is 403 g/mol. The van der Waals surface area contributed by atoms with E-state index in [1.165, 1.54) is 24.3 Å². The molecular weight excluding hydrogens is 387 g/mol. The monoisotopic (exact) mass is 402 g/mol. The number of carbonyl (C=O) groups is 2. The van der Waals surface area contributed by atoms with Crippen molar-refractivity contribution in [3.05, 3.63) is 70.4 Å².